The quantitative estimate of drug-likeness (QED) is 0.559. The van der Waals surface area contributed by atoms with Crippen LogP contribution in [0.2, 0.25) is 0 Å². The number of rotatable bonds is 3. The van der Waals surface area contributed by atoms with Gasteiger partial charge in [0.1, 0.15) is 0 Å². The van der Waals surface area contributed by atoms with Gasteiger partial charge in [-0.1, -0.05) is 5.92 Å². The standard InChI is InChI=1S/C10H15N3O2/c1-3-4-11-9(14)7-13-6-5-12-10(15)8(13)2/h1,8H,4-7H2,2H3,(H,11,14)(H,12,15). The minimum Gasteiger partial charge on any atom is -0.353 e. The van der Waals surface area contributed by atoms with E-state index in [1.807, 2.05) is 4.90 Å². The first-order valence-corrected chi connectivity index (χ1v) is 4.87. The molecule has 1 saturated heterocycles. The Kier molecular flexibility index (Phi) is 4.13. The van der Waals surface area contributed by atoms with E-state index in [4.69, 9.17) is 6.42 Å². The maximum absolute atomic E-state index is 11.3. The Labute approximate surface area is 89.2 Å². The van der Waals surface area contributed by atoms with Crippen molar-refractivity contribution in [2.45, 2.75) is 13.0 Å². The maximum Gasteiger partial charge on any atom is 0.237 e. The summed E-state index contributed by atoms with van der Waals surface area (Å²) in [6.45, 7) is 3.51. The molecule has 0 aromatic heterocycles. The SMILES string of the molecule is C#CCNC(=O)CN1CCNC(=O)C1C. The lowest BCUT2D eigenvalue weighted by molar-refractivity contribution is -0.130. The minimum absolute atomic E-state index is 0.0361. The van der Waals surface area contributed by atoms with Crippen molar-refractivity contribution in [1.82, 2.24) is 15.5 Å². The Morgan fingerprint density at radius 2 is 2.53 bits per heavy atom. The fourth-order valence-electron chi connectivity index (χ4n) is 1.44. The smallest absolute Gasteiger partial charge is 0.237 e. The lowest BCUT2D eigenvalue weighted by Crippen LogP contribution is -2.56. The number of terminal acetylenes is 1. The zero-order valence-electron chi connectivity index (χ0n) is 8.75. The molecule has 0 radical (unpaired) electrons. The largest absolute Gasteiger partial charge is 0.353 e. The zero-order chi connectivity index (χ0) is 11.3. The summed E-state index contributed by atoms with van der Waals surface area (Å²) >= 11 is 0. The summed E-state index contributed by atoms with van der Waals surface area (Å²) in [5.74, 6) is 2.15. The summed E-state index contributed by atoms with van der Waals surface area (Å²) in [6, 6.07) is -0.254. The molecule has 0 aromatic rings. The monoisotopic (exact) mass is 209 g/mol. The number of carbonyl (C=O) groups is 2. The number of hydrogen-bond acceptors (Lipinski definition) is 3. The van der Waals surface area contributed by atoms with Gasteiger partial charge in [-0.3, -0.25) is 14.5 Å². The van der Waals surface area contributed by atoms with Crippen LogP contribution in [0.3, 0.4) is 0 Å². The third-order valence-electron chi connectivity index (χ3n) is 2.36. The first-order chi connectivity index (χ1) is 7.15. The van der Waals surface area contributed by atoms with Gasteiger partial charge in [0.05, 0.1) is 19.1 Å². The molecule has 1 heterocycles. The zero-order valence-corrected chi connectivity index (χ0v) is 8.75. The number of nitrogens with one attached hydrogen (secondary N) is 2. The maximum atomic E-state index is 11.3. The number of piperazine rings is 1. The second kappa shape index (κ2) is 5.37. The number of hydrogen-bond donors (Lipinski definition) is 2. The van der Waals surface area contributed by atoms with Crippen LogP contribution < -0.4 is 10.6 Å². The van der Waals surface area contributed by atoms with Crippen molar-refractivity contribution < 1.29 is 9.59 Å². The van der Waals surface area contributed by atoms with Gasteiger partial charge in [0, 0.05) is 13.1 Å². The molecular weight excluding hydrogens is 194 g/mol. The molecule has 1 aliphatic rings. The molecule has 1 atom stereocenters. The van der Waals surface area contributed by atoms with Crippen molar-refractivity contribution in [2.24, 2.45) is 0 Å². The topological polar surface area (TPSA) is 61.4 Å². The number of nitrogens with zero attached hydrogens (tertiary/aromatic N) is 1. The van der Waals surface area contributed by atoms with Gasteiger partial charge in [-0.2, -0.15) is 0 Å². The van der Waals surface area contributed by atoms with Crippen LogP contribution in [0.25, 0.3) is 0 Å². The highest BCUT2D eigenvalue weighted by molar-refractivity contribution is 5.84. The van der Waals surface area contributed by atoms with Gasteiger partial charge in [0.25, 0.3) is 0 Å². The third kappa shape index (κ3) is 3.26. The van der Waals surface area contributed by atoms with Gasteiger partial charge < -0.3 is 10.6 Å². The summed E-state index contributed by atoms with van der Waals surface area (Å²) in [4.78, 5) is 24.4. The van der Waals surface area contributed by atoms with Gasteiger partial charge in [-0.15, -0.1) is 6.42 Å². The summed E-state index contributed by atoms with van der Waals surface area (Å²) in [5, 5.41) is 5.30. The molecule has 0 spiro atoms. The average Bonchev–Trinajstić information content (AvgIpc) is 2.22. The molecule has 2 amide bonds. The molecule has 5 heteroatoms. The van der Waals surface area contributed by atoms with E-state index in [-0.39, 0.29) is 30.9 Å². The Hall–Kier alpha value is -1.54. The molecule has 1 aliphatic heterocycles. The van der Waals surface area contributed by atoms with Gasteiger partial charge in [0.15, 0.2) is 0 Å². The number of carbonyl (C=O) groups excluding carboxylic acids is 2. The molecule has 0 saturated carbocycles. The van der Waals surface area contributed by atoms with E-state index in [1.54, 1.807) is 6.92 Å². The molecule has 15 heavy (non-hydrogen) atoms. The van der Waals surface area contributed by atoms with Crippen molar-refractivity contribution in [2.75, 3.05) is 26.2 Å². The van der Waals surface area contributed by atoms with E-state index in [2.05, 4.69) is 16.6 Å². The predicted octanol–water partition coefficient (Wildman–Crippen LogP) is -1.44. The highest BCUT2D eigenvalue weighted by Gasteiger charge is 2.26. The highest BCUT2D eigenvalue weighted by atomic mass is 16.2. The van der Waals surface area contributed by atoms with Crippen LogP contribution >= 0.6 is 0 Å². The molecular formula is C10H15N3O2. The van der Waals surface area contributed by atoms with Crippen LogP contribution in [-0.2, 0) is 9.59 Å². The van der Waals surface area contributed by atoms with Crippen molar-refractivity contribution in [1.29, 1.82) is 0 Å². The third-order valence-corrected chi connectivity index (χ3v) is 2.36. The van der Waals surface area contributed by atoms with Gasteiger partial charge >= 0.3 is 0 Å². The summed E-state index contributed by atoms with van der Waals surface area (Å²) in [6.07, 6.45) is 5.02. The van der Waals surface area contributed by atoms with E-state index in [0.717, 1.165) is 0 Å². The van der Waals surface area contributed by atoms with Gasteiger partial charge in [0.2, 0.25) is 11.8 Å². The van der Waals surface area contributed by atoms with Crippen LogP contribution in [0.1, 0.15) is 6.92 Å². The van der Waals surface area contributed by atoms with E-state index in [0.29, 0.717) is 13.1 Å². The van der Waals surface area contributed by atoms with Crippen molar-refractivity contribution in [3.05, 3.63) is 0 Å². The fourth-order valence-corrected chi connectivity index (χ4v) is 1.44. The molecule has 1 unspecified atom stereocenters. The van der Waals surface area contributed by atoms with Crippen molar-refractivity contribution in [3.8, 4) is 12.3 Å². The van der Waals surface area contributed by atoms with E-state index in [1.165, 1.54) is 0 Å². The van der Waals surface area contributed by atoms with E-state index < -0.39 is 0 Å². The van der Waals surface area contributed by atoms with E-state index >= 15 is 0 Å². The van der Waals surface area contributed by atoms with Crippen LogP contribution in [0.15, 0.2) is 0 Å². The van der Waals surface area contributed by atoms with Crippen LogP contribution in [0.5, 0.6) is 0 Å². The molecule has 2 N–H and O–H groups in total. The fraction of sp³-hybridized carbons (Fsp3) is 0.600. The molecule has 5 nitrogen and oxygen atoms in total. The molecule has 1 rings (SSSR count). The summed E-state index contributed by atoms with van der Waals surface area (Å²) < 4.78 is 0. The van der Waals surface area contributed by atoms with Gasteiger partial charge in [-0.25, -0.2) is 0 Å². The van der Waals surface area contributed by atoms with Gasteiger partial charge in [-0.05, 0) is 6.92 Å². The van der Waals surface area contributed by atoms with Crippen LogP contribution in [-0.4, -0.2) is 48.9 Å². The molecule has 0 aromatic carbocycles. The Morgan fingerprint density at radius 1 is 1.80 bits per heavy atom. The van der Waals surface area contributed by atoms with Crippen molar-refractivity contribution >= 4 is 11.8 Å². The summed E-state index contributed by atoms with van der Waals surface area (Å²) in [7, 11) is 0. The normalized spacial score (nSPS) is 21.6. The summed E-state index contributed by atoms with van der Waals surface area (Å²) in [5.41, 5.74) is 0. The predicted molar refractivity (Wildman–Crippen MR) is 55.9 cm³/mol. The number of amides is 2. The molecule has 1 fully saturated rings. The average molecular weight is 209 g/mol. The Balaban J connectivity index is 2.40. The second-order valence-electron chi connectivity index (χ2n) is 3.42. The van der Waals surface area contributed by atoms with E-state index in [9.17, 15) is 9.59 Å². The molecule has 82 valence electrons. The first-order valence-electron chi connectivity index (χ1n) is 4.87. The lowest BCUT2D eigenvalue weighted by Gasteiger charge is -2.31. The Morgan fingerprint density at radius 3 is 3.20 bits per heavy atom. The highest BCUT2D eigenvalue weighted by Crippen LogP contribution is 2.02. The Bertz CT molecular complexity index is 296. The van der Waals surface area contributed by atoms with Crippen LogP contribution in [0, 0.1) is 12.3 Å². The minimum atomic E-state index is -0.254. The molecule has 0 aliphatic carbocycles. The second-order valence-corrected chi connectivity index (χ2v) is 3.42. The van der Waals surface area contributed by atoms with Crippen LogP contribution in [0.4, 0.5) is 0 Å². The molecule has 0 bridgehead atoms. The first kappa shape index (κ1) is 11.5. The van der Waals surface area contributed by atoms with Crippen molar-refractivity contribution in [3.63, 3.8) is 0 Å². The lowest BCUT2D eigenvalue weighted by atomic mass is 10.2.